The van der Waals surface area contributed by atoms with Crippen LogP contribution in [0.4, 0.5) is 0 Å². The number of ether oxygens (including phenoxy) is 3. The molecule has 4 aromatic rings. The third-order valence-corrected chi connectivity index (χ3v) is 6.48. The highest BCUT2D eigenvalue weighted by Crippen LogP contribution is 2.50. The molecule has 2 heterocycles. The maximum absolute atomic E-state index is 6.51. The van der Waals surface area contributed by atoms with E-state index in [0.29, 0.717) is 11.5 Å². The summed E-state index contributed by atoms with van der Waals surface area (Å²) in [7, 11) is 3.30. The van der Waals surface area contributed by atoms with Crippen LogP contribution < -0.4 is 14.2 Å². The number of nitrogens with zero attached hydrogens (tertiary/aromatic N) is 2. The molecule has 6 rings (SSSR count). The van der Waals surface area contributed by atoms with Crippen LogP contribution in [0.1, 0.15) is 35.4 Å². The van der Waals surface area contributed by atoms with Crippen molar-refractivity contribution in [2.24, 2.45) is 5.10 Å². The first-order chi connectivity index (χ1) is 16.3. The Bertz CT molecular complexity index is 1380. The number of hydrazone groups is 1. The summed E-state index contributed by atoms with van der Waals surface area (Å²) in [5, 5.41) is 9.62. The van der Waals surface area contributed by atoms with Crippen molar-refractivity contribution in [1.29, 1.82) is 0 Å². The lowest BCUT2D eigenvalue weighted by atomic mass is 9.95. The maximum atomic E-state index is 6.51. The molecule has 0 fully saturated rings. The monoisotopic (exact) mass is 436 g/mol. The zero-order valence-corrected chi connectivity index (χ0v) is 18.6. The predicted molar refractivity (Wildman–Crippen MR) is 129 cm³/mol. The van der Waals surface area contributed by atoms with Gasteiger partial charge in [0, 0.05) is 12.0 Å². The zero-order chi connectivity index (χ0) is 22.4. The molecule has 0 unspecified atom stereocenters. The third kappa shape index (κ3) is 3.20. The molecule has 0 saturated carbocycles. The van der Waals surface area contributed by atoms with Crippen LogP contribution in [0.25, 0.3) is 10.8 Å². The van der Waals surface area contributed by atoms with Gasteiger partial charge < -0.3 is 14.2 Å². The molecule has 2 aliphatic rings. The smallest absolute Gasteiger partial charge is 0.217 e. The lowest BCUT2D eigenvalue weighted by Crippen LogP contribution is -2.34. The Hall–Kier alpha value is -3.99. The molecule has 0 amide bonds. The van der Waals surface area contributed by atoms with E-state index < -0.39 is 6.23 Å². The number of methoxy groups -OCH3 is 2. The van der Waals surface area contributed by atoms with Crippen molar-refractivity contribution in [1.82, 2.24) is 5.01 Å². The Balaban J connectivity index is 1.47. The Morgan fingerprint density at radius 2 is 1.61 bits per heavy atom. The fraction of sp³-hybridized carbons (Fsp3) is 0.179. The second-order valence-electron chi connectivity index (χ2n) is 8.30. The van der Waals surface area contributed by atoms with Crippen LogP contribution >= 0.6 is 0 Å². The third-order valence-electron chi connectivity index (χ3n) is 6.48. The summed E-state index contributed by atoms with van der Waals surface area (Å²) >= 11 is 0. The number of para-hydroxylation sites is 2. The van der Waals surface area contributed by atoms with Gasteiger partial charge in [0.05, 0.1) is 31.5 Å². The number of hydrogen-bond acceptors (Lipinski definition) is 5. The average Bonchev–Trinajstić information content (AvgIpc) is 3.33. The minimum Gasteiger partial charge on any atom is -0.493 e. The summed E-state index contributed by atoms with van der Waals surface area (Å²) in [4.78, 5) is 0. The van der Waals surface area contributed by atoms with Gasteiger partial charge in [0.2, 0.25) is 6.23 Å². The van der Waals surface area contributed by atoms with Crippen LogP contribution in [0.3, 0.4) is 0 Å². The van der Waals surface area contributed by atoms with Gasteiger partial charge in [-0.2, -0.15) is 5.10 Å². The first-order valence-electron chi connectivity index (χ1n) is 11.1. The van der Waals surface area contributed by atoms with Gasteiger partial charge in [-0.3, -0.25) is 0 Å². The van der Waals surface area contributed by atoms with Gasteiger partial charge in [0.25, 0.3) is 0 Å². The topological polar surface area (TPSA) is 43.3 Å². The number of hydrogen-bond donors (Lipinski definition) is 0. The van der Waals surface area contributed by atoms with Gasteiger partial charge in [-0.15, -0.1) is 0 Å². The van der Waals surface area contributed by atoms with Crippen molar-refractivity contribution in [2.45, 2.75) is 18.7 Å². The van der Waals surface area contributed by atoms with Gasteiger partial charge in [-0.25, -0.2) is 5.01 Å². The summed E-state index contributed by atoms with van der Waals surface area (Å²) < 4.78 is 17.8. The average molecular weight is 437 g/mol. The zero-order valence-electron chi connectivity index (χ0n) is 18.6. The molecule has 5 heteroatoms. The normalized spacial score (nSPS) is 18.8. The molecule has 2 atom stereocenters. The highest BCUT2D eigenvalue weighted by molar-refractivity contribution is 6.04. The molecular weight excluding hydrogens is 412 g/mol. The molecule has 0 N–H and O–H groups in total. The molecule has 0 bridgehead atoms. The lowest BCUT2D eigenvalue weighted by molar-refractivity contribution is -0.0205. The number of benzene rings is 4. The van der Waals surface area contributed by atoms with E-state index in [2.05, 4.69) is 59.6 Å². The highest BCUT2D eigenvalue weighted by atomic mass is 16.5. The van der Waals surface area contributed by atoms with Crippen molar-refractivity contribution in [2.75, 3.05) is 14.2 Å². The van der Waals surface area contributed by atoms with Crippen molar-refractivity contribution in [3.05, 3.63) is 102 Å². The van der Waals surface area contributed by atoms with Crippen molar-refractivity contribution < 1.29 is 14.2 Å². The molecule has 0 aromatic heterocycles. The fourth-order valence-corrected chi connectivity index (χ4v) is 4.89. The fourth-order valence-electron chi connectivity index (χ4n) is 4.89. The maximum Gasteiger partial charge on any atom is 0.217 e. The van der Waals surface area contributed by atoms with Crippen LogP contribution in [-0.4, -0.2) is 24.9 Å². The van der Waals surface area contributed by atoms with E-state index in [4.69, 9.17) is 19.3 Å². The standard InChI is InChI=1S/C28H24N2O3/c1-31-26-13-7-11-22(27(26)32-2)28-30-24(21-10-5-6-12-25(21)33-28)17-23(29-30)20-15-14-18-8-3-4-9-19(18)16-20/h3-16,24,28H,17H2,1-2H3/t24-,28+/m1/s1. The SMILES string of the molecule is COc1cccc([C@@H]2Oc3ccccc3[C@H]3CC(c4ccc5ccccc5c4)=NN32)c1OC. The number of fused-ring (bicyclic) bond motifs is 4. The van der Waals surface area contributed by atoms with Crippen LogP contribution in [0.2, 0.25) is 0 Å². The first kappa shape index (κ1) is 19.7. The van der Waals surface area contributed by atoms with E-state index in [1.807, 2.05) is 30.3 Å². The van der Waals surface area contributed by atoms with E-state index in [1.165, 1.54) is 10.8 Å². The summed E-state index contributed by atoms with van der Waals surface area (Å²) in [5.74, 6) is 2.22. The van der Waals surface area contributed by atoms with Gasteiger partial charge >= 0.3 is 0 Å². The first-order valence-corrected chi connectivity index (χ1v) is 11.1. The van der Waals surface area contributed by atoms with Crippen LogP contribution in [-0.2, 0) is 0 Å². The van der Waals surface area contributed by atoms with E-state index in [9.17, 15) is 0 Å². The summed E-state index contributed by atoms with van der Waals surface area (Å²) in [6.45, 7) is 0. The predicted octanol–water partition coefficient (Wildman–Crippen LogP) is 6.10. The Morgan fingerprint density at radius 1 is 0.818 bits per heavy atom. The summed E-state index contributed by atoms with van der Waals surface area (Å²) in [5.41, 5.74) is 4.23. The summed E-state index contributed by atoms with van der Waals surface area (Å²) in [6.07, 6.45) is 0.384. The van der Waals surface area contributed by atoms with Gasteiger partial charge in [-0.1, -0.05) is 60.7 Å². The molecule has 0 radical (unpaired) electrons. The minimum absolute atomic E-state index is 0.0809. The van der Waals surface area contributed by atoms with Gasteiger partial charge in [-0.05, 0) is 40.6 Å². The van der Waals surface area contributed by atoms with Gasteiger partial charge in [0.1, 0.15) is 5.75 Å². The molecule has 164 valence electrons. The number of rotatable bonds is 4. The minimum atomic E-state index is -0.423. The molecule has 0 aliphatic carbocycles. The van der Waals surface area contributed by atoms with Crippen molar-refractivity contribution in [3.63, 3.8) is 0 Å². The van der Waals surface area contributed by atoms with Crippen molar-refractivity contribution >= 4 is 16.5 Å². The lowest BCUT2D eigenvalue weighted by Gasteiger charge is -2.38. The van der Waals surface area contributed by atoms with Crippen LogP contribution in [0.5, 0.6) is 17.2 Å². The molecule has 0 saturated heterocycles. The molecule has 4 aromatic carbocycles. The molecule has 5 nitrogen and oxygen atoms in total. The largest absolute Gasteiger partial charge is 0.493 e. The highest BCUT2D eigenvalue weighted by Gasteiger charge is 2.42. The van der Waals surface area contributed by atoms with E-state index in [-0.39, 0.29) is 6.04 Å². The van der Waals surface area contributed by atoms with E-state index in [0.717, 1.165) is 34.6 Å². The summed E-state index contributed by atoms with van der Waals surface area (Å²) in [6, 6.07) is 29.1. The van der Waals surface area contributed by atoms with E-state index in [1.54, 1.807) is 14.2 Å². The Labute approximate surface area is 192 Å². The van der Waals surface area contributed by atoms with Gasteiger partial charge in [0.15, 0.2) is 11.5 Å². The molecule has 33 heavy (non-hydrogen) atoms. The van der Waals surface area contributed by atoms with Crippen LogP contribution in [0, 0.1) is 0 Å². The van der Waals surface area contributed by atoms with Crippen LogP contribution in [0.15, 0.2) is 90.0 Å². The second-order valence-corrected chi connectivity index (χ2v) is 8.30. The Morgan fingerprint density at radius 3 is 2.45 bits per heavy atom. The van der Waals surface area contributed by atoms with E-state index >= 15 is 0 Å². The van der Waals surface area contributed by atoms with Crippen molar-refractivity contribution in [3.8, 4) is 17.2 Å². The molecule has 0 spiro atoms. The quantitative estimate of drug-likeness (QED) is 0.388. The molecular formula is C28H24N2O3. The molecule has 2 aliphatic heterocycles. The second kappa shape index (κ2) is 7.85. The Kier molecular flexibility index (Phi) is 4.68.